The van der Waals surface area contributed by atoms with Crippen molar-refractivity contribution in [2.24, 2.45) is 0 Å². The highest BCUT2D eigenvalue weighted by atomic mass is 31.3. The average molecular weight is 185 g/mol. The van der Waals surface area contributed by atoms with Crippen LogP contribution in [-0.4, -0.2) is 0 Å². The molecule has 0 aliphatic heterocycles. The third kappa shape index (κ3) is 8.14. The summed E-state index contributed by atoms with van der Waals surface area (Å²) in [4.78, 5) is -0.0972. The minimum absolute atomic E-state index is 0.0972. The molecule has 0 aromatic rings. The second-order valence-corrected chi connectivity index (χ2v) is 3.67. The molecule has 0 atom stereocenters. The summed E-state index contributed by atoms with van der Waals surface area (Å²) in [6, 6.07) is 0. The van der Waals surface area contributed by atoms with Crippen molar-refractivity contribution in [3.05, 3.63) is 0 Å². The second-order valence-electron chi connectivity index (χ2n) is 1.02. The lowest BCUT2D eigenvalue weighted by Gasteiger charge is -1.97. The third-order valence-electron chi connectivity index (χ3n) is 0.233. The van der Waals surface area contributed by atoms with Crippen LogP contribution in [0, 0.1) is 0 Å². The van der Waals surface area contributed by atoms with Crippen LogP contribution in [0.2, 0.25) is 0 Å². The van der Waals surface area contributed by atoms with Gasteiger partial charge in [-0.1, -0.05) is 0 Å². The van der Waals surface area contributed by atoms with Crippen molar-refractivity contribution >= 4 is 15.8 Å². The summed E-state index contributed by atoms with van der Waals surface area (Å²) >= 11 is 0. The Hall–Kier alpha value is 0.140. The van der Waals surface area contributed by atoms with E-state index >= 15 is 0 Å². The molecule has 0 rings (SSSR count). The van der Waals surface area contributed by atoms with Crippen LogP contribution in [0.3, 0.4) is 0 Å². The fourth-order valence-electron chi connectivity index (χ4n) is 0.136. The number of hydrogen-bond donors (Lipinski definition) is 1. The van der Waals surface area contributed by atoms with E-state index in [4.69, 9.17) is 9.13 Å². The first kappa shape index (κ1) is 9.14. The molecule has 3 nitrogen and oxygen atoms in total. The highest BCUT2D eigenvalue weighted by Gasteiger charge is 2.33. The van der Waals surface area contributed by atoms with E-state index in [2.05, 4.69) is 0 Å². The van der Waals surface area contributed by atoms with E-state index in [0.29, 0.717) is 0 Å². The van der Waals surface area contributed by atoms with E-state index in [1.165, 1.54) is 0 Å². The Bertz CT molecular complexity index is 157. The van der Waals surface area contributed by atoms with Crippen LogP contribution in [0.5, 0.6) is 0 Å². The zero-order valence-electron chi connectivity index (χ0n) is 3.72. The van der Waals surface area contributed by atoms with Crippen LogP contribution < -0.4 is 4.86 Å². The van der Waals surface area contributed by atoms with Gasteiger partial charge in [0.2, 0.25) is 0 Å². The largest absolute Gasteiger partial charge is 0.490 e. The van der Waals surface area contributed by atoms with Crippen molar-refractivity contribution in [2.75, 3.05) is 0 Å². The summed E-state index contributed by atoms with van der Waals surface area (Å²) in [6.07, 6.45) is 0. The zero-order valence-corrected chi connectivity index (χ0v) is 5.51. The summed E-state index contributed by atoms with van der Waals surface area (Å²) in [5, 5.41) is 0. The molecular weight excluding hydrogens is 184 g/mol. The Morgan fingerprint density at radius 1 is 0.889 bits per heavy atom. The van der Waals surface area contributed by atoms with Crippen LogP contribution in [0.15, 0.2) is 0 Å². The lowest BCUT2D eigenvalue weighted by molar-refractivity contribution is 0.464. The topological polar surface area (TPSA) is 46.2 Å². The Morgan fingerprint density at radius 2 is 1.11 bits per heavy atom. The van der Waals surface area contributed by atoms with E-state index in [1.807, 2.05) is 0 Å². The third-order valence-corrected chi connectivity index (χ3v) is 2.10. The minimum atomic E-state index is -6.05. The van der Waals surface area contributed by atoms with E-state index in [1.54, 1.807) is 0 Å². The number of halogens is 4. The molecule has 0 amide bonds. The molecule has 0 aliphatic rings. The molecule has 0 bridgehead atoms. The lowest BCUT2D eigenvalue weighted by Crippen LogP contribution is -1.92. The SMILES string of the molecule is O=P(F)(F)NP(=O)(F)F. The van der Waals surface area contributed by atoms with Crippen molar-refractivity contribution in [2.45, 2.75) is 0 Å². The molecule has 9 heteroatoms. The van der Waals surface area contributed by atoms with Crippen molar-refractivity contribution in [3.8, 4) is 0 Å². The van der Waals surface area contributed by atoms with Gasteiger partial charge in [0, 0.05) is 0 Å². The Morgan fingerprint density at radius 3 is 1.11 bits per heavy atom. The Kier molecular flexibility index (Phi) is 2.44. The van der Waals surface area contributed by atoms with Gasteiger partial charge < -0.3 is 0 Å². The summed E-state index contributed by atoms with van der Waals surface area (Å²) < 4.78 is 62.3. The maximum atomic E-state index is 11.0. The molecule has 0 saturated carbocycles. The van der Waals surface area contributed by atoms with Crippen molar-refractivity contribution < 1.29 is 25.9 Å². The van der Waals surface area contributed by atoms with E-state index in [-0.39, 0.29) is 4.86 Å². The molecule has 0 saturated heterocycles. The van der Waals surface area contributed by atoms with Crippen LogP contribution >= 0.6 is 15.8 Å². The van der Waals surface area contributed by atoms with E-state index < -0.39 is 15.8 Å². The molecule has 0 aromatic heterocycles. The molecule has 56 valence electrons. The van der Waals surface area contributed by atoms with Gasteiger partial charge in [0.05, 0.1) is 0 Å². The molecule has 0 radical (unpaired) electrons. The van der Waals surface area contributed by atoms with E-state index in [0.717, 1.165) is 0 Å². The van der Waals surface area contributed by atoms with Gasteiger partial charge in [0.15, 0.2) is 0 Å². The summed E-state index contributed by atoms with van der Waals surface area (Å²) in [5.74, 6) is 0. The first-order valence-corrected chi connectivity index (χ1v) is 4.47. The van der Waals surface area contributed by atoms with Gasteiger partial charge in [0.25, 0.3) is 0 Å². The number of nitrogens with one attached hydrogen (secondary N) is 1. The van der Waals surface area contributed by atoms with Crippen LogP contribution in [-0.2, 0) is 9.13 Å². The molecule has 0 aromatic carbocycles. The van der Waals surface area contributed by atoms with Gasteiger partial charge in [0.1, 0.15) is 0 Å². The number of hydrogen-bond acceptors (Lipinski definition) is 2. The standard InChI is InChI=1S/F4HNO2P2/c1-8(2,6)5-9(3,4)7/h(H,5,6,7). The molecule has 1 N–H and O–H groups in total. The quantitative estimate of drug-likeness (QED) is 0.531. The summed E-state index contributed by atoms with van der Waals surface area (Å²) in [6.45, 7) is 0. The molecule has 0 heterocycles. The molecule has 0 unspecified atom stereocenters. The fraction of sp³-hybridized carbons (Fsp3) is 0. The number of rotatable bonds is 2. The zero-order chi connectivity index (χ0) is 7.71. The first-order valence-electron chi connectivity index (χ1n) is 1.49. The second kappa shape index (κ2) is 2.40. The molecule has 0 fully saturated rings. The maximum absolute atomic E-state index is 11.0. The maximum Gasteiger partial charge on any atom is 0.490 e. The molecule has 0 aliphatic carbocycles. The normalized spacial score (nSPS) is 13.8. The van der Waals surface area contributed by atoms with Gasteiger partial charge >= 0.3 is 15.8 Å². The fourth-order valence-corrected chi connectivity index (χ4v) is 1.22. The van der Waals surface area contributed by atoms with Crippen LogP contribution in [0.4, 0.5) is 16.8 Å². The molecule has 0 spiro atoms. The molecular formula is HF4NO2P2. The van der Waals surface area contributed by atoms with Gasteiger partial charge in [-0.15, -0.1) is 21.6 Å². The minimum Gasteiger partial charge on any atom is -0.231 e. The van der Waals surface area contributed by atoms with Gasteiger partial charge in [-0.3, -0.25) is 0 Å². The summed E-state index contributed by atoms with van der Waals surface area (Å²) in [7, 11) is -12.1. The van der Waals surface area contributed by atoms with Gasteiger partial charge in [-0.2, -0.15) is 0 Å². The lowest BCUT2D eigenvalue weighted by atomic mass is 13.9. The summed E-state index contributed by atoms with van der Waals surface area (Å²) in [5.41, 5.74) is 0. The molecule has 9 heavy (non-hydrogen) atoms. The van der Waals surface area contributed by atoms with Crippen molar-refractivity contribution in [3.63, 3.8) is 0 Å². The smallest absolute Gasteiger partial charge is 0.231 e. The highest BCUT2D eigenvalue weighted by Crippen LogP contribution is 2.58. The van der Waals surface area contributed by atoms with Crippen molar-refractivity contribution in [1.29, 1.82) is 0 Å². The average Bonchev–Trinajstić information content (AvgIpc) is 1.14. The van der Waals surface area contributed by atoms with Gasteiger partial charge in [-0.05, 0) is 0 Å². The van der Waals surface area contributed by atoms with Gasteiger partial charge in [-0.25, -0.2) is 9.13 Å². The predicted molar refractivity (Wildman–Crippen MR) is 22.8 cm³/mol. The van der Waals surface area contributed by atoms with Crippen LogP contribution in [0.25, 0.3) is 0 Å². The Labute approximate surface area is 47.8 Å². The van der Waals surface area contributed by atoms with Crippen LogP contribution in [0.1, 0.15) is 0 Å². The highest BCUT2D eigenvalue weighted by molar-refractivity contribution is 7.66. The monoisotopic (exact) mass is 185 g/mol. The van der Waals surface area contributed by atoms with Crippen molar-refractivity contribution in [1.82, 2.24) is 4.86 Å². The Balaban J connectivity index is 4.07. The predicted octanol–water partition coefficient (Wildman–Crippen LogP) is 2.67. The van der Waals surface area contributed by atoms with E-state index in [9.17, 15) is 16.8 Å². The first-order chi connectivity index (χ1) is 3.71.